The van der Waals surface area contributed by atoms with Gasteiger partial charge < -0.3 is 15.5 Å². The Bertz CT molecular complexity index is 329. The highest BCUT2D eigenvalue weighted by molar-refractivity contribution is 5.39. The number of piperidine rings is 1. The van der Waals surface area contributed by atoms with Crippen molar-refractivity contribution in [3.05, 3.63) is 12.4 Å². The average Bonchev–Trinajstić information content (AvgIpc) is 2.30. The second kappa shape index (κ2) is 4.65. The lowest BCUT2D eigenvalue weighted by Gasteiger charge is -2.35. The first-order chi connectivity index (χ1) is 7.66. The summed E-state index contributed by atoms with van der Waals surface area (Å²) in [4.78, 5) is 12.9. The second-order valence-corrected chi connectivity index (χ2v) is 4.44. The number of nitrogen functional groups attached to an aromatic ring is 1. The Labute approximate surface area is 96.3 Å². The highest BCUT2D eigenvalue weighted by Gasteiger charge is 2.21. The van der Waals surface area contributed by atoms with Crippen LogP contribution in [-0.2, 0) is 0 Å². The van der Waals surface area contributed by atoms with Crippen molar-refractivity contribution in [3.63, 3.8) is 0 Å². The molecule has 1 fully saturated rings. The predicted molar refractivity (Wildman–Crippen MR) is 65.4 cm³/mol. The van der Waals surface area contributed by atoms with Crippen LogP contribution in [0.15, 0.2) is 12.4 Å². The van der Waals surface area contributed by atoms with E-state index in [0.29, 0.717) is 11.9 Å². The number of likely N-dealkylation sites (tertiary alicyclic amines) is 1. The van der Waals surface area contributed by atoms with E-state index in [1.807, 2.05) is 0 Å². The normalized spacial score (nSPS) is 18.6. The maximum atomic E-state index is 5.52. The van der Waals surface area contributed by atoms with Crippen LogP contribution in [0.25, 0.3) is 0 Å². The molecule has 0 spiro atoms. The number of nitrogens with zero attached hydrogens (tertiary/aromatic N) is 4. The van der Waals surface area contributed by atoms with E-state index in [9.17, 15) is 0 Å². The predicted octanol–water partition coefficient (Wildman–Crippen LogP) is 0.589. The van der Waals surface area contributed by atoms with Crippen LogP contribution in [0.5, 0.6) is 0 Å². The third-order valence-electron chi connectivity index (χ3n) is 3.26. The van der Waals surface area contributed by atoms with Crippen molar-refractivity contribution in [2.24, 2.45) is 0 Å². The van der Waals surface area contributed by atoms with Crippen molar-refractivity contribution in [1.29, 1.82) is 0 Å². The minimum atomic E-state index is 0.473. The van der Waals surface area contributed by atoms with Gasteiger partial charge in [-0.25, -0.2) is 9.97 Å². The summed E-state index contributed by atoms with van der Waals surface area (Å²) < 4.78 is 0. The van der Waals surface area contributed by atoms with Gasteiger partial charge >= 0.3 is 0 Å². The summed E-state index contributed by atoms with van der Waals surface area (Å²) in [7, 11) is 4.25. The topological polar surface area (TPSA) is 58.3 Å². The van der Waals surface area contributed by atoms with Crippen LogP contribution in [0, 0.1) is 0 Å². The molecule has 1 saturated heterocycles. The van der Waals surface area contributed by atoms with Crippen molar-refractivity contribution < 1.29 is 0 Å². The molecule has 5 nitrogen and oxygen atoms in total. The lowest BCUT2D eigenvalue weighted by molar-refractivity contribution is 0.252. The molecule has 1 aromatic rings. The van der Waals surface area contributed by atoms with Gasteiger partial charge in [-0.1, -0.05) is 0 Å². The Morgan fingerprint density at radius 1 is 1.31 bits per heavy atom. The first-order valence-electron chi connectivity index (χ1n) is 5.65. The number of aromatic nitrogens is 2. The third-order valence-corrected chi connectivity index (χ3v) is 3.26. The van der Waals surface area contributed by atoms with Gasteiger partial charge in [0.1, 0.15) is 11.6 Å². The summed E-state index contributed by atoms with van der Waals surface area (Å²) in [6, 6.07) is 0.564. The van der Waals surface area contributed by atoms with Gasteiger partial charge in [-0.3, -0.25) is 0 Å². The van der Waals surface area contributed by atoms with E-state index < -0.39 is 0 Å². The molecular formula is C11H19N5. The first-order valence-corrected chi connectivity index (χ1v) is 5.65. The molecule has 0 aromatic carbocycles. The molecule has 2 N–H and O–H groups in total. The molecule has 0 unspecified atom stereocenters. The molecule has 1 aliphatic rings. The number of hydrogen-bond acceptors (Lipinski definition) is 5. The first kappa shape index (κ1) is 11.1. The maximum absolute atomic E-state index is 5.52. The number of nitrogens with two attached hydrogens (primary N) is 1. The number of rotatable bonds is 2. The van der Waals surface area contributed by atoms with Gasteiger partial charge in [0.05, 0.1) is 12.4 Å². The van der Waals surface area contributed by atoms with Gasteiger partial charge in [0.15, 0.2) is 0 Å². The van der Waals surface area contributed by atoms with Crippen LogP contribution in [0.2, 0.25) is 0 Å². The molecule has 0 saturated carbocycles. The lowest BCUT2D eigenvalue weighted by atomic mass is 10.0. The van der Waals surface area contributed by atoms with Crippen molar-refractivity contribution in [1.82, 2.24) is 14.9 Å². The monoisotopic (exact) mass is 221 g/mol. The molecule has 0 aliphatic carbocycles. The van der Waals surface area contributed by atoms with Gasteiger partial charge in [0.25, 0.3) is 0 Å². The molecule has 5 heteroatoms. The Balaban J connectivity index is 2.01. The highest BCUT2D eigenvalue weighted by atomic mass is 15.2. The van der Waals surface area contributed by atoms with Crippen LogP contribution in [-0.4, -0.2) is 48.1 Å². The molecule has 1 aromatic heterocycles. The van der Waals surface area contributed by atoms with E-state index in [2.05, 4.69) is 33.9 Å². The molecule has 2 heterocycles. The van der Waals surface area contributed by atoms with Crippen molar-refractivity contribution in [2.75, 3.05) is 37.8 Å². The Hall–Kier alpha value is -1.36. The quantitative estimate of drug-likeness (QED) is 0.792. The molecule has 0 radical (unpaired) electrons. The van der Waals surface area contributed by atoms with E-state index in [1.165, 1.54) is 12.8 Å². The van der Waals surface area contributed by atoms with Gasteiger partial charge in [0, 0.05) is 13.1 Å². The minimum Gasteiger partial charge on any atom is -0.382 e. The van der Waals surface area contributed by atoms with Crippen molar-refractivity contribution in [3.8, 4) is 0 Å². The fourth-order valence-electron chi connectivity index (χ4n) is 2.08. The largest absolute Gasteiger partial charge is 0.382 e. The molecule has 88 valence electrons. The van der Waals surface area contributed by atoms with Gasteiger partial charge in [-0.15, -0.1) is 0 Å². The Morgan fingerprint density at radius 3 is 2.56 bits per heavy atom. The molecule has 0 bridgehead atoms. The summed E-state index contributed by atoms with van der Waals surface area (Å²) in [5, 5.41) is 0. The maximum Gasteiger partial charge on any atom is 0.147 e. The average molecular weight is 221 g/mol. The minimum absolute atomic E-state index is 0.473. The lowest BCUT2D eigenvalue weighted by Crippen LogP contribution is -2.42. The van der Waals surface area contributed by atoms with Crippen LogP contribution in [0.4, 0.5) is 11.6 Å². The van der Waals surface area contributed by atoms with Gasteiger partial charge in [-0.2, -0.15) is 0 Å². The van der Waals surface area contributed by atoms with E-state index >= 15 is 0 Å². The van der Waals surface area contributed by atoms with E-state index in [1.54, 1.807) is 12.4 Å². The molecular weight excluding hydrogens is 202 g/mol. The number of anilines is 2. The van der Waals surface area contributed by atoms with E-state index in [4.69, 9.17) is 5.73 Å². The zero-order chi connectivity index (χ0) is 11.5. The zero-order valence-electron chi connectivity index (χ0n) is 9.93. The molecule has 0 atom stereocenters. The fourth-order valence-corrected chi connectivity index (χ4v) is 2.08. The zero-order valence-corrected chi connectivity index (χ0v) is 9.93. The van der Waals surface area contributed by atoms with Crippen LogP contribution in [0.3, 0.4) is 0 Å². The fraction of sp³-hybridized carbons (Fsp3) is 0.636. The molecule has 16 heavy (non-hydrogen) atoms. The van der Waals surface area contributed by atoms with Crippen molar-refractivity contribution in [2.45, 2.75) is 18.9 Å². The van der Waals surface area contributed by atoms with Crippen LogP contribution >= 0.6 is 0 Å². The molecule has 2 rings (SSSR count). The summed E-state index contributed by atoms with van der Waals surface area (Å²) in [6.45, 7) is 2.30. The van der Waals surface area contributed by atoms with Gasteiger partial charge in [-0.05, 0) is 33.0 Å². The SMILES string of the molecule is CN1CCC(N(C)c2cnc(N)cn2)CC1. The summed E-state index contributed by atoms with van der Waals surface area (Å²) in [6.07, 6.45) is 5.71. The van der Waals surface area contributed by atoms with E-state index in [-0.39, 0.29) is 0 Å². The smallest absolute Gasteiger partial charge is 0.147 e. The van der Waals surface area contributed by atoms with Crippen molar-refractivity contribution >= 4 is 11.6 Å². The van der Waals surface area contributed by atoms with Crippen LogP contribution < -0.4 is 10.6 Å². The second-order valence-electron chi connectivity index (χ2n) is 4.44. The molecule has 0 amide bonds. The Kier molecular flexibility index (Phi) is 3.24. The van der Waals surface area contributed by atoms with E-state index in [0.717, 1.165) is 18.9 Å². The molecule has 1 aliphatic heterocycles. The third kappa shape index (κ3) is 2.41. The Morgan fingerprint density at radius 2 is 2.00 bits per heavy atom. The summed E-state index contributed by atoms with van der Waals surface area (Å²) in [5.41, 5.74) is 5.52. The van der Waals surface area contributed by atoms with Gasteiger partial charge in [0.2, 0.25) is 0 Å². The highest BCUT2D eigenvalue weighted by Crippen LogP contribution is 2.19. The number of hydrogen-bond donors (Lipinski definition) is 1. The summed E-state index contributed by atoms with van der Waals surface area (Å²) in [5.74, 6) is 1.38. The standard InChI is InChI=1S/C11H19N5/c1-15-5-3-9(4-6-15)16(2)11-8-13-10(12)7-14-11/h7-9H,3-6H2,1-2H3,(H2,12,13). The van der Waals surface area contributed by atoms with Crippen LogP contribution in [0.1, 0.15) is 12.8 Å². The summed E-state index contributed by atoms with van der Waals surface area (Å²) >= 11 is 0.